The van der Waals surface area contributed by atoms with Crippen molar-refractivity contribution in [2.75, 3.05) is 36.5 Å². The number of aryl methyl sites for hydroxylation is 2. The van der Waals surface area contributed by atoms with E-state index >= 15 is 0 Å². The van der Waals surface area contributed by atoms with Gasteiger partial charge in [0.05, 0.1) is 18.8 Å². The minimum absolute atomic E-state index is 0.252. The van der Waals surface area contributed by atoms with Gasteiger partial charge < -0.3 is 20.7 Å². The second-order valence-corrected chi connectivity index (χ2v) is 7.69. The highest BCUT2D eigenvalue weighted by Gasteiger charge is 2.23. The zero-order chi connectivity index (χ0) is 21.1. The van der Waals surface area contributed by atoms with E-state index in [0.29, 0.717) is 31.5 Å². The number of anilines is 3. The lowest BCUT2D eigenvalue weighted by Crippen LogP contribution is -2.40. The number of piperidine rings is 1. The third-order valence-corrected chi connectivity index (χ3v) is 5.35. The van der Waals surface area contributed by atoms with E-state index in [-0.39, 0.29) is 6.04 Å². The van der Waals surface area contributed by atoms with Crippen molar-refractivity contribution in [2.45, 2.75) is 46.2 Å². The lowest BCUT2D eigenvalue weighted by atomic mass is 10.1. The summed E-state index contributed by atoms with van der Waals surface area (Å²) in [7, 11) is 0. The molecule has 0 aromatic carbocycles. The average molecular weight is 411 g/mol. The molecule has 160 valence electrons. The summed E-state index contributed by atoms with van der Waals surface area (Å²) in [6.07, 6.45) is 1.88. The van der Waals surface area contributed by atoms with Crippen molar-refractivity contribution >= 4 is 28.6 Å². The molecular formula is C21H30N8O. The normalized spacial score (nSPS) is 15.1. The van der Waals surface area contributed by atoms with Crippen LogP contribution in [0.2, 0.25) is 0 Å². The van der Waals surface area contributed by atoms with Crippen LogP contribution in [0.1, 0.15) is 31.2 Å². The lowest BCUT2D eigenvalue weighted by Gasteiger charge is -2.30. The molecule has 30 heavy (non-hydrogen) atoms. The second-order valence-electron chi connectivity index (χ2n) is 7.69. The van der Waals surface area contributed by atoms with Crippen LogP contribution in [-0.4, -0.2) is 57.1 Å². The molecule has 0 aliphatic carbocycles. The molecule has 4 heterocycles. The van der Waals surface area contributed by atoms with Gasteiger partial charge in [0.1, 0.15) is 16.9 Å². The SMILES string of the molecule is CCOCCn1nc(C)c2nc(N3CCC(N)CC3)nc(Nc3cccc(C)n3)c21. The molecule has 9 nitrogen and oxygen atoms in total. The lowest BCUT2D eigenvalue weighted by molar-refractivity contribution is 0.137. The number of fused-ring (bicyclic) bond motifs is 1. The van der Waals surface area contributed by atoms with Crippen LogP contribution in [0.15, 0.2) is 18.2 Å². The third kappa shape index (κ3) is 4.36. The summed E-state index contributed by atoms with van der Waals surface area (Å²) in [6, 6.07) is 6.14. The van der Waals surface area contributed by atoms with Crippen LogP contribution >= 0.6 is 0 Å². The summed E-state index contributed by atoms with van der Waals surface area (Å²) in [4.78, 5) is 16.6. The quantitative estimate of drug-likeness (QED) is 0.572. The maximum absolute atomic E-state index is 6.08. The molecule has 0 radical (unpaired) electrons. The molecule has 1 aliphatic heterocycles. The van der Waals surface area contributed by atoms with E-state index in [9.17, 15) is 0 Å². The van der Waals surface area contributed by atoms with Crippen molar-refractivity contribution in [3.63, 3.8) is 0 Å². The standard InChI is InChI=1S/C21H30N8O/c1-4-30-13-12-29-19-18(15(3)27-29)25-21(28-10-8-16(22)9-11-28)26-20(19)24-17-7-5-6-14(2)23-17/h5-7,16H,4,8-13,22H2,1-3H3,(H,23,24,25,26). The Morgan fingerprint density at radius 2 is 1.97 bits per heavy atom. The molecule has 0 bridgehead atoms. The van der Waals surface area contributed by atoms with Gasteiger partial charge in [0, 0.05) is 31.4 Å². The van der Waals surface area contributed by atoms with Gasteiger partial charge in [0.25, 0.3) is 0 Å². The molecule has 0 unspecified atom stereocenters. The predicted octanol–water partition coefficient (Wildman–Crippen LogP) is 2.55. The maximum atomic E-state index is 6.08. The zero-order valence-electron chi connectivity index (χ0n) is 17.9. The van der Waals surface area contributed by atoms with Crippen molar-refractivity contribution in [1.82, 2.24) is 24.7 Å². The minimum atomic E-state index is 0.252. The largest absolute Gasteiger partial charge is 0.380 e. The van der Waals surface area contributed by atoms with Gasteiger partial charge in [-0.2, -0.15) is 10.1 Å². The number of nitrogens with two attached hydrogens (primary N) is 1. The number of rotatable bonds is 7. The predicted molar refractivity (Wildman–Crippen MR) is 118 cm³/mol. The third-order valence-electron chi connectivity index (χ3n) is 5.35. The second kappa shape index (κ2) is 8.93. The Balaban J connectivity index is 1.77. The van der Waals surface area contributed by atoms with Crippen LogP contribution in [0.3, 0.4) is 0 Å². The zero-order valence-corrected chi connectivity index (χ0v) is 17.9. The van der Waals surface area contributed by atoms with Gasteiger partial charge in [-0.3, -0.25) is 4.68 Å². The van der Waals surface area contributed by atoms with Crippen LogP contribution < -0.4 is 16.0 Å². The fourth-order valence-electron chi connectivity index (χ4n) is 3.74. The van der Waals surface area contributed by atoms with Crippen LogP contribution in [-0.2, 0) is 11.3 Å². The first-order valence-corrected chi connectivity index (χ1v) is 10.6. The summed E-state index contributed by atoms with van der Waals surface area (Å²) in [5.74, 6) is 2.16. The Bertz CT molecular complexity index is 1010. The summed E-state index contributed by atoms with van der Waals surface area (Å²) >= 11 is 0. The molecule has 1 saturated heterocycles. The van der Waals surface area contributed by atoms with E-state index in [4.69, 9.17) is 25.5 Å². The number of ether oxygens (including phenoxy) is 1. The Hall–Kier alpha value is -2.78. The molecule has 0 spiro atoms. The Kier molecular flexibility index (Phi) is 6.10. The number of aromatic nitrogens is 5. The first kappa shape index (κ1) is 20.5. The topological polar surface area (TPSA) is 107 Å². The summed E-state index contributed by atoms with van der Waals surface area (Å²) in [5.41, 5.74) is 9.62. The van der Waals surface area contributed by atoms with E-state index in [2.05, 4.69) is 15.2 Å². The first-order valence-electron chi connectivity index (χ1n) is 10.6. The van der Waals surface area contributed by atoms with Gasteiger partial charge >= 0.3 is 0 Å². The van der Waals surface area contributed by atoms with Gasteiger partial charge in [-0.15, -0.1) is 0 Å². The molecule has 0 saturated carbocycles. The number of hydrogen-bond acceptors (Lipinski definition) is 8. The first-order chi connectivity index (χ1) is 14.5. The summed E-state index contributed by atoms with van der Waals surface area (Å²) in [6.45, 7) is 9.54. The van der Waals surface area contributed by atoms with Crippen LogP contribution in [0.5, 0.6) is 0 Å². The highest BCUT2D eigenvalue weighted by Crippen LogP contribution is 2.29. The Morgan fingerprint density at radius 1 is 1.17 bits per heavy atom. The maximum Gasteiger partial charge on any atom is 0.228 e. The summed E-state index contributed by atoms with van der Waals surface area (Å²) < 4.78 is 7.47. The fourth-order valence-corrected chi connectivity index (χ4v) is 3.74. The molecule has 3 N–H and O–H groups in total. The Morgan fingerprint density at radius 3 is 2.70 bits per heavy atom. The van der Waals surface area contributed by atoms with Crippen LogP contribution in [0.4, 0.5) is 17.6 Å². The number of pyridine rings is 1. The van der Waals surface area contributed by atoms with Crippen molar-refractivity contribution in [2.24, 2.45) is 5.73 Å². The van der Waals surface area contributed by atoms with Gasteiger partial charge in [-0.25, -0.2) is 9.97 Å². The van der Waals surface area contributed by atoms with Crippen molar-refractivity contribution in [1.29, 1.82) is 0 Å². The average Bonchev–Trinajstić information content (AvgIpc) is 3.05. The van der Waals surface area contributed by atoms with E-state index in [1.54, 1.807) is 0 Å². The highest BCUT2D eigenvalue weighted by molar-refractivity contribution is 5.90. The molecule has 9 heteroatoms. The van der Waals surface area contributed by atoms with E-state index in [1.165, 1.54) is 0 Å². The molecule has 0 atom stereocenters. The van der Waals surface area contributed by atoms with Gasteiger partial charge in [0.2, 0.25) is 5.95 Å². The van der Waals surface area contributed by atoms with Crippen molar-refractivity contribution in [3.8, 4) is 0 Å². The molecule has 1 aliphatic rings. The molecule has 0 amide bonds. The number of nitrogens with one attached hydrogen (secondary N) is 1. The monoisotopic (exact) mass is 410 g/mol. The van der Waals surface area contributed by atoms with Gasteiger partial charge in [-0.1, -0.05) is 6.07 Å². The van der Waals surface area contributed by atoms with E-state index in [1.807, 2.05) is 43.7 Å². The van der Waals surface area contributed by atoms with Gasteiger partial charge in [-0.05, 0) is 45.7 Å². The fraction of sp³-hybridized carbons (Fsp3) is 0.524. The molecule has 4 rings (SSSR count). The highest BCUT2D eigenvalue weighted by atomic mass is 16.5. The molecule has 3 aromatic rings. The minimum Gasteiger partial charge on any atom is -0.380 e. The molecule has 3 aromatic heterocycles. The van der Waals surface area contributed by atoms with E-state index in [0.717, 1.165) is 54.2 Å². The van der Waals surface area contributed by atoms with Gasteiger partial charge in [0.15, 0.2) is 5.82 Å². The van der Waals surface area contributed by atoms with Crippen molar-refractivity contribution < 1.29 is 4.74 Å². The number of hydrogen-bond donors (Lipinski definition) is 2. The van der Waals surface area contributed by atoms with Crippen molar-refractivity contribution in [3.05, 3.63) is 29.6 Å². The molecule has 1 fully saturated rings. The van der Waals surface area contributed by atoms with E-state index < -0.39 is 0 Å². The molecular weight excluding hydrogens is 380 g/mol. The van der Waals surface area contributed by atoms with Crippen LogP contribution in [0.25, 0.3) is 11.0 Å². The number of nitrogens with zero attached hydrogens (tertiary/aromatic N) is 6. The van der Waals surface area contributed by atoms with Crippen LogP contribution in [0, 0.1) is 13.8 Å². The summed E-state index contributed by atoms with van der Waals surface area (Å²) in [5, 5.41) is 8.12. The Labute approximate surface area is 176 Å². The smallest absolute Gasteiger partial charge is 0.228 e.